The van der Waals surface area contributed by atoms with E-state index in [0.717, 1.165) is 0 Å². The highest BCUT2D eigenvalue weighted by Crippen LogP contribution is 2.26. The Morgan fingerprint density at radius 3 is 2.50 bits per heavy atom. The van der Waals surface area contributed by atoms with E-state index >= 15 is 0 Å². The van der Waals surface area contributed by atoms with Crippen LogP contribution in [0.2, 0.25) is 0 Å². The molecular weight excluding hydrogens is 302 g/mol. The van der Waals surface area contributed by atoms with Gasteiger partial charge in [0.05, 0.1) is 5.69 Å². The molecule has 0 saturated heterocycles. The van der Waals surface area contributed by atoms with Crippen LogP contribution in [0.1, 0.15) is 26.5 Å². The predicted molar refractivity (Wildman–Crippen MR) is 70.5 cm³/mol. The number of amides is 1. The maximum atomic E-state index is 11.3. The summed E-state index contributed by atoms with van der Waals surface area (Å²) in [6.07, 6.45) is -0.780. The van der Waals surface area contributed by atoms with E-state index in [1.165, 1.54) is 0 Å². The number of nitrogens with one attached hydrogen (secondary N) is 1. The highest BCUT2D eigenvalue weighted by molar-refractivity contribution is 6.67. The van der Waals surface area contributed by atoms with Crippen LogP contribution in [0.5, 0.6) is 0 Å². The van der Waals surface area contributed by atoms with Gasteiger partial charge in [-0.3, -0.25) is 5.32 Å². The normalized spacial score (nSPS) is 12.3. The van der Waals surface area contributed by atoms with Crippen molar-refractivity contribution in [3.05, 3.63) is 11.8 Å². The first-order valence-corrected chi connectivity index (χ1v) is 6.19. The minimum absolute atomic E-state index is 0.175. The Bertz CT molecular complexity index is 421. The Morgan fingerprint density at radius 2 is 2.06 bits per heavy atom. The molecule has 1 amide bonds. The second-order valence-corrected chi connectivity index (χ2v) is 7.16. The van der Waals surface area contributed by atoms with E-state index in [0.29, 0.717) is 5.69 Å². The zero-order valence-corrected chi connectivity index (χ0v) is 12.4. The van der Waals surface area contributed by atoms with E-state index in [-0.39, 0.29) is 17.9 Å². The maximum Gasteiger partial charge on any atom is 0.414 e. The molecule has 102 valence electrons. The summed E-state index contributed by atoms with van der Waals surface area (Å²) in [5.74, 6) is 0.175. The standard InChI is InChI=1S/C10H13Cl3N2O3/c1-9(2,3)6-4-7(18-15-6)14-8(16)17-5-10(11,12)13/h4H,5H2,1-3H3,(H,14,16). The summed E-state index contributed by atoms with van der Waals surface area (Å²) in [4.78, 5) is 11.3. The molecule has 1 aromatic rings. The highest BCUT2D eigenvalue weighted by atomic mass is 35.6. The molecule has 1 heterocycles. The maximum absolute atomic E-state index is 11.3. The molecule has 18 heavy (non-hydrogen) atoms. The van der Waals surface area contributed by atoms with Gasteiger partial charge in [-0.15, -0.1) is 0 Å². The molecular formula is C10H13Cl3N2O3. The van der Waals surface area contributed by atoms with Gasteiger partial charge in [0.15, 0.2) is 0 Å². The first-order chi connectivity index (χ1) is 8.08. The molecule has 0 aliphatic heterocycles. The molecule has 0 unspecified atom stereocenters. The third-order valence-corrected chi connectivity index (χ3v) is 2.20. The van der Waals surface area contributed by atoms with Gasteiger partial charge in [-0.25, -0.2) is 4.79 Å². The SMILES string of the molecule is CC(C)(C)c1cc(NC(=O)OCC(Cl)(Cl)Cl)on1. The number of carbonyl (C=O) groups is 1. The van der Waals surface area contributed by atoms with Crippen molar-refractivity contribution in [3.8, 4) is 0 Å². The number of aromatic nitrogens is 1. The summed E-state index contributed by atoms with van der Waals surface area (Å²) in [5.41, 5.74) is 0.532. The Kier molecular flexibility index (Phi) is 4.75. The number of alkyl halides is 3. The molecule has 0 aliphatic rings. The molecule has 1 aromatic heterocycles. The lowest BCUT2D eigenvalue weighted by Crippen LogP contribution is -2.21. The molecule has 0 spiro atoms. The van der Waals surface area contributed by atoms with Gasteiger partial charge in [0.2, 0.25) is 9.68 Å². The number of hydrogen-bond acceptors (Lipinski definition) is 4. The van der Waals surface area contributed by atoms with Crippen LogP contribution in [0.3, 0.4) is 0 Å². The first-order valence-electron chi connectivity index (χ1n) is 5.06. The molecule has 0 bridgehead atoms. The molecule has 0 atom stereocenters. The van der Waals surface area contributed by atoms with Gasteiger partial charge >= 0.3 is 6.09 Å². The van der Waals surface area contributed by atoms with Gasteiger partial charge in [-0.1, -0.05) is 60.7 Å². The second-order valence-electron chi connectivity index (χ2n) is 4.64. The Hall–Kier alpha value is -0.650. The van der Waals surface area contributed by atoms with E-state index in [1.54, 1.807) is 6.07 Å². The van der Waals surface area contributed by atoms with Crippen LogP contribution in [0.25, 0.3) is 0 Å². The number of anilines is 1. The van der Waals surface area contributed by atoms with Crippen LogP contribution in [-0.2, 0) is 10.2 Å². The van der Waals surface area contributed by atoms with Crippen molar-refractivity contribution in [2.75, 3.05) is 11.9 Å². The number of ether oxygens (including phenoxy) is 1. The van der Waals surface area contributed by atoms with Gasteiger partial charge in [0.25, 0.3) is 0 Å². The lowest BCUT2D eigenvalue weighted by Gasteiger charge is -2.12. The minimum atomic E-state index is -1.64. The fourth-order valence-corrected chi connectivity index (χ4v) is 1.14. The van der Waals surface area contributed by atoms with Crippen molar-refractivity contribution in [1.29, 1.82) is 0 Å². The second kappa shape index (κ2) is 5.55. The minimum Gasteiger partial charge on any atom is -0.445 e. The van der Waals surface area contributed by atoms with Crippen LogP contribution in [0.4, 0.5) is 10.7 Å². The van der Waals surface area contributed by atoms with Gasteiger partial charge < -0.3 is 9.26 Å². The van der Waals surface area contributed by atoms with E-state index in [9.17, 15) is 4.79 Å². The average Bonchev–Trinajstić information content (AvgIpc) is 2.61. The zero-order valence-electron chi connectivity index (χ0n) is 10.1. The summed E-state index contributed by atoms with van der Waals surface area (Å²) in [6.45, 7) is 5.55. The summed E-state index contributed by atoms with van der Waals surface area (Å²) in [7, 11) is 0. The van der Waals surface area contributed by atoms with Gasteiger partial charge in [0.1, 0.15) is 6.61 Å². The van der Waals surface area contributed by atoms with E-state index < -0.39 is 9.89 Å². The molecule has 0 aromatic carbocycles. The molecule has 0 saturated carbocycles. The van der Waals surface area contributed by atoms with Crippen LogP contribution in [-0.4, -0.2) is 21.6 Å². The molecule has 5 nitrogen and oxygen atoms in total. The lowest BCUT2D eigenvalue weighted by molar-refractivity contribution is 0.163. The van der Waals surface area contributed by atoms with Crippen molar-refractivity contribution in [2.24, 2.45) is 0 Å². The Labute approximate surface area is 120 Å². The van der Waals surface area contributed by atoms with Crippen LogP contribution < -0.4 is 5.32 Å². The van der Waals surface area contributed by atoms with Gasteiger partial charge in [-0.2, -0.15) is 0 Å². The van der Waals surface area contributed by atoms with Crippen LogP contribution >= 0.6 is 34.8 Å². The fourth-order valence-electron chi connectivity index (χ4n) is 0.972. The molecule has 0 fully saturated rings. The van der Waals surface area contributed by atoms with E-state index in [4.69, 9.17) is 39.3 Å². The molecule has 0 radical (unpaired) electrons. The van der Waals surface area contributed by atoms with Crippen molar-refractivity contribution in [1.82, 2.24) is 5.16 Å². The zero-order chi connectivity index (χ0) is 14.0. The molecule has 0 aliphatic carbocycles. The summed E-state index contributed by atoms with van der Waals surface area (Å²) < 4.78 is 7.96. The Morgan fingerprint density at radius 1 is 1.44 bits per heavy atom. The monoisotopic (exact) mass is 314 g/mol. The molecule has 8 heteroatoms. The lowest BCUT2D eigenvalue weighted by atomic mass is 9.92. The summed E-state index contributed by atoms with van der Waals surface area (Å²) in [5, 5.41) is 6.17. The van der Waals surface area contributed by atoms with Crippen LogP contribution in [0.15, 0.2) is 10.6 Å². The molecule has 1 rings (SSSR count). The molecule has 1 N–H and O–H groups in total. The number of carbonyl (C=O) groups excluding carboxylic acids is 1. The third-order valence-electron chi connectivity index (χ3n) is 1.87. The number of nitrogens with zero attached hydrogens (tertiary/aromatic N) is 1. The number of halogens is 3. The van der Waals surface area contributed by atoms with Crippen molar-refractivity contribution in [2.45, 2.75) is 30.0 Å². The summed E-state index contributed by atoms with van der Waals surface area (Å²) in [6, 6.07) is 1.61. The van der Waals surface area contributed by atoms with Crippen LogP contribution in [0, 0.1) is 0 Å². The third kappa shape index (κ3) is 5.33. The Balaban J connectivity index is 2.53. The van der Waals surface area contributed by atoms with Gasteiger partial charge in [0, 0.05) is 11.5 Å². The van der Waals surface area contributed by atoms with Crippen molar-refractivity contribution < 1.29 is 14.1 Å². The quantitative estimate of drug-likeness (QED) is 0.841. The van der Waals surface area contributed by atoms with E-state index in [1.807, 2.05) is 20.8 Å². The fraction of sp³-hybridized carbons (Fsp3) is 0.600. The predicted octanol–water partition coefficient (Wildman–Crippen LogP) is 3.89. The first kappa shape index (κ1) is 15.4. The average molecular weight is 316 g/mol. The highest BCUT2D eigenvalue weighted by Gasteiger charge is 2.23. The largest absolute Gasteiger partial charge is 0.445 e. The smallest absolute Gasteiger partial charge is 0.414 e. The van der Waals surface area contributed by atoms with Gasteiger partial charge in [-0.05, 0) is 0 Å². The van der Waals surface area contributed by atoms with Crippen molar-refractivity contribution >= 4 is 46.8 Å². The van der Waals surface area contributed by atoms with Crippen molar-refractivity contribution in [3.63, 3.8) is 0 Å². The van der Waals surface area contributed by atoms with E-state index in [2.05, 4.69) is 15.2 Å². The number of hydrogen-bond donors (Lipinski definition) is 1. The summed E-state index contributed by atoms with van der Waals surface area (Å²) >= 11 is 16.3. The number of rotatable bonds is 2. The topological polar surface area (TPSA) is 64.4 Å².